The fourth-order valence-corrected chi connectivity index (χ4v) is 5.12. The van der Waals surface area contributed by atoms with Gasteiger partial charge in [-0.3, -0.25) is 4.79 Å². The van der Waals surface area contributed by atoms with E-state index >= 15 is 0 Å². The van der Waals surface area contributed by atoms with Crippen LogP contribution in [0.25, 0.3) is 0 Å². The van der Waals surface area contributed by atoms with E-state index in [2.05, 4.69) is 31.4 Å². The Bertz CT molecular complexity index is 1110. The minimum atomic E-state index is -0.446. The van der Waals surface area contributed by atoms with Crippen LogP contribution in [0.2, 0.25) is 0 Å². The number of thiophene rings is 1. The Morgan fingerprint density at radius 2 is 1.97 bits per heavy atom. The molecule has 1 amide bonds. The van der Waals surface area contributed by atoms with Gasteiger partial charge in [0.05, 0.1) is 18.4 Å². The van der Waals surface area contributed by atoms with Crippen LogP contribution in [0.3, 0.4) is 0 Å². The SMILES string of the molecule is CCc1c(C)sc(NC(=O)CSc2nnc(COc3ccc(Br)cc3)n2C)c1C(=O)OC. The zero-order valence-electron chi connectivity index (χ0n) is 18.1. The summed E-state index contributed by atoms with van der Waals surface area (Å²) < 4.78 is 13.4. The average Bonchev–Trinajstić information content (AvgIpc) is 3.29. The number of carbonyl (C=O) groups excluding carboxylic acids is 2. The molecule has 32 heavy (non-hydrogen) atoms. The molecule has 0 aliphatic rings. The smallest absolute Gasteiger partial charge is 0.341 e. The molecule has 0 unspecified atom stereocenters. The van der Waals surface area contributed by atoms with Gasteiger partial charge in [0, 0.05) is 16.4 Å². The Labute approximate surface area is 202 Å². The van der Waals surface area contributed by atoms with E-state index in [1.165, 1.54) is 30.2 Å². The van der Waals surface area contributed by atoms with Crippen LogP contribution in [-0.4, -0.2) is 39.5 Å². The second kappa shape index (κ2) is 11.0. The normalized spacial score (nSPS) is 10.8. The first-order chi connectivity index (χ1) is 15.3. The Kier molecular flexibility index (Phi) is 8.32. The summed E-state index contributed by atoms with van der Waals surface area (Å²) in [5, 5.41) is 12.3. The van der Waals surface area contributed by atoms with E-state index in [4.69, 9.17) is 9.47 Å². The minimum absolute atomic E-state index is 0.124. The van der Waals surface area contributed by atoms with Crippen LogP contribution < -0.4 is 10.1 Å². The number of aromatic nitrogens is 3. The average molecular weight is 539 g/mol. The molecule has 0 spiro atoms. The van der Waals surface area contributed by atoms with E-state index in [0.29, 0.717) is 28.0 Å². The first kappa shape index (κ1) is 24.3. The molecule has 0 fully saturated rings. The molecule has 11 heteroatoms. The Morgan fingerprint density at radius 1 is 1.25 bits per heavy atom. The number of esters is 1. The number of thioether (sulfide) groups is 1. The molecule has 170 valence electrons. The molecule has 0 saturated heterocycles. The zero-order chi connectivity index (χ0) is 23.3. The highest BCUT2D eigenvalue weighted by molar-refractivity contribution is 9.10. The zero-order valence-corrected chi connectivity index (χ0v) is 21.3. The molecule has 3 rings (SSSR count). The van der Waals surface area contributed by atoms with Crippen molar-refractivity contribution in [3.8, 4) is 5.75 Å². The number of nitrogens with zero attached hydrogens (tertiary/aromatic N) is 3. The molecular formula is C21H23BrN4O4S2. The number of hydrogen-bond donors (Lipinski definition) is 1. The summed E-state index contributed by atoms with van der Waals surface area (Å²) in [6.07, 6.45) is 0.682. The largest absolute Gasteiger partial charge is 0.486 e. The highest BCUT2D eigenvalue weighted by Crippen LogP contribution is 2.34. The number of carbonyl (C=O) groups is 2. The predicted molar refractivity (Wildman–Crippen MR) is 129 cm³/mol. The lowest BCUT2D eigenvalue weighted by Gasteiger charge is -2.08. The van der Waals surface area contributed by atoms with Crippen LogP contribution in [0.15, 0.2) is 33.9 Å². The third-order valence-electron chi connectivity index (χ3n) is 4.64. The first-order valence-corrected chi connectivity index (χ1v) is 12.3. The molecule has 0 aliphatic carbocycles. The fraction of sp³-hybridized carbons (Fsp3) is 0.333. The monoisotopic (exact) mass is 538 g/mol. The number of hydrogen-bond acceptors (Lipinski definition) is 8. The molecule has 0 aliphatic heterocycles. The van der Waals surface area contributed by atoms with E-state index in [1.807, 2.05) is 45.2 Å². The summed E-state index contributed by atoms with van der Waals surface area (Å²) in [5.74, 6) is 0.810. The van der Waals surface area contributed by atoms with Gasteiger partial charge in [0.15, 0.2) is 11.0 Å². The lowest BCUT2D eigenvalue weighted by Crippen LogP contribution is -2.16. The van der Waals surface area contributed by atoms with Gasteiger partial charge in [0.25, 0.3) is 0 Å². The van der Waals surface area contributed by atoms with E-state index in [0.717, 1.165) is 20.7 Å². The first-order valence-electron chi connectivity index (χ1n) is 9.73. The number of rotatable bonds is 9. The fourth-order valence-electron chi connectivity index (χ4n) is 2.98. The van der Waals surface area contributed by atoms with Gasteiger partial charge in [0.2, 0.25) is 5.91 Å². The van der Waals surface area contributed by atoms with Crippen molar-refractivity contribution < 1.29 is 19.1 Å². The van der Waals surface area contributed by atoms with Crippen molar-refractivity contribution in [2.75, 3.05) is 18.2 Å². The number of nitrogens with one attached hydrogen (secondary N) is 1. The lowest BCUT2D eigenvalue weighted by atomic mass is 10.1. The van der Waals surface area contributed by atoms with Crippen LogP contribution in [0.5, 0.6) is 5.75 Å². The van der Waals surface area contributed by atoms with E-state index in [9.17, 15) is 9.59 Å². The number of benzene rings is 1. The van der Waals surface area contributed by atoms with E-state index < -0.39 is 5.97 Å². The number of anilines is 1. The molecule has 1 aromatic carbocycles. The van der Waals surface area contributed by atoms with Gasteiger partial charge < -0.3 is 19.4 Å². The summed E-state index contributed by atoms with van der Waals surface area (Å²) >= 11 is 6.03. The molecule has 0 bridgehead atoms. The van der Waals surface area contributed by atoms with Gasteiger partial charge in [-0.05, 0) is 43.2 Å². The predicted octanol–water partition coefficient (Wildman–Crippen LogP) is 4.61. The molecular weight excluding hydrogens is 516 g/mol. The molecule has 0 saturated carbocycles. The standard InChI is InChI=1S/C21H23BrN4O4S2/c1-5-15-12(2)32-19(18(15)20(28)29-4)23-17(27)11-31-21-25-24-16(26(21)3)10-30-14-8-6-13(22)7-9-14/h6-9H,5,10-11H2,1-4H3,(H,23,27). The molecule has 1 N–H and O–H groups in total. The number of methoxy groups -OCH3 is 1. The van der Waals surface area contributed by atoms with Crippen molar-refractivity contribution in [1.82, 2.24) is 14.8 Å². The maximum atomic E-state index is 12.6. The number of aryl methyl sites for hydroxylation is 1. The van der Waals surface area contributed by atoms with Crippen molar-refractivity contribution in [2.45, 2.75) is 32.0 Å². The number of ether oxygens (including phenoxy) is 2. The number of amides is 1. The highest BCUT2D eigenvalue weighted by atomic mass is 79.9. The molecule has 8 nitrogen and oxygen atoms in total. The van der Waals surface area contributed by atoms with Crippen LogP contribution in [0.1, 0.15) is 33.5 Å². The van der Waals surface area contributed by atoms with Crippen molar-refractivity contribution in [1.29, 1.82) is 0 Å². The second-order valence-electron chi connectivity index (χ2n) is 6.72. The van der Waals surface area contributed by atoms with Crippen LogP contribution >= 0.6 is 39.0 Å². The van der Waals surface area contributed by atoms with Gasteiger partial charge >= 0.3 is 5.97 Å². The van der Waals surface area contributed by atoms with Gasteiger partial charge in [-0.25, -0.2) is 4.79 Å². The minimum Gasteiger partial charge on any atom is -0.486 e. The van der Waals surface area contributed by atoms with E-state index in [1.54, 1.807) is 4.57 Å². The Morgan fingerprint density at radius 3 is 2.62 bits per heavy atom. The maximum absolute atomic E-state index is 12.6. The third-order valence-corrected chi connectivity index (χ3v) is 7.26. The summed E-state index contributed by atoms with van der Waals surface area (Å²) in [7, 11) is 3.16. The summed E-state index contributed by atoms with van der Waals surface area (Å²) in [4.78, 5) is 25.7. The van der Waals surface area contributed by atoms with Gasteiger partial charge in [0.1, 0.15) is 17.4 Å². The van der Waals surface area contributed by atoms with Crippen LogP contribution in [-0.2, 0) is 29.6 Å². The van der Waals surface area contributed by atoms with Crippen molar-refractivity contribution in [3.63, 3.8) is 0 Å². The quantitative estimate of drug-likeness (QED) is 0.314. The Hall–Kier alpha value is -2.37. The lowest BCUT2D eigenvalue weighted by molar-refractivity contribution is -0.113. The van der Waals surface area contributed by atoms with Gasteiger partial charge in [-0.2, -0.15) is 0 Å². The molecule has 2 aromatic heterocycles. The van der Waals surface area contributed by atoms with Gasteiger partial charge in [-0.15, -0.1) is 21.5 Å². The maximum Gasteiger partial charge on any atom is 0.341 e. The van der Waals surface area contributed by atoms with E-state index in [-0.39, 0.29) is 18.3 Å². The van der Waals surface area contributed by atoms with Crippen LogP contribution in [0.4, 0.5) is 5.00 Å². The number of halogens is 1. The summed E-state index contributed by atoms with van der Waals surface area (Å²) in [6, 6.07) is 7.52. The summed E-state index contributed by atoms with van der Waals surface area (Å²) in [6.45, 7) is 4.15. The highest BCUT2D eigenvalue weighted by Gasteiger charge is 2.23. The van der Waals surface area contributed by atoms with Crippen LogP contribution in [0, 0.1) is 6.92 Å². The topological polar surface area (TPSA) is 95.3 Å². The molecule has 0 atom stereocenters. The van der Waals surface area contributed by atoms with Crippen molar-refractivity contribution in [2.24, 2.45) is 7.05 Å². The Balaban J connectivity index is 1.60. The van der Waals surface area contributed by atoms with Gasteiger partial charge in [-0.1, -0.05) is 34.6 Å². The molecule has 0 radical (unpaired) electrons. The summed E-state index contributed by atoms with van der Waals surface area (Å²) in [5.41, 5.74) is 1.33. The third kappa shape index (κ3) is 5.70. The molecule has 3 aromatic rings. The second-order valence-corrected chi connectivity index (χ2v) is 9.81. The molecule has 2 heterocycles. The van der Waals surface area contributed by atoms with Crippen molar-refractivity contribution in [3.05, 3.63) is 50.6 Å². The van der Waals surface area contributed by atoms with Crippen molar-refractivity contribution >= 4 is 55.9 Å².